The molecule has 5 aliphatic rings. The standard InChI is InChI=1S/C39H56N10O13S/c1-4-16(2)31-36(60)42-11-29(55)43-25-15-63-38-21(20-6-5-18(51)7-22(20)46-38)9-23(33(57)41-12-30(56)47-31)44-37(61)32(17(3)27(53)14-50)48-35(59)26-8-19(52)13-49(26)39(62)24(10-28(40)54)45-34(25)58/h5-7,16-17,19-20,22-27,31-32,46,50-53H,4,8-15H2,1-3H3,(H2,40,54)(H,41,57)(H,42,60)(H,43,55)(H,44,61)(H,45,58)(H,47,56)(H,48,59)/t16-,17-,19+,20?,22?,23-,24-,25-,26-,27-,31-,32-/m0/s1. The number of nitrogens with one attached hydrogen (secondary N) is 8. The number of allylic oxidation sites excluding steroid dienone is 1. The molecule has 63 heavy (non-hydrogen) atoms. The highest BCUT2D eigenvalue weighted by Gasteiger charge is 2.45. The number of aliphatic hydroxyl groups excluding tert-OH is 4. The van der Waals surface area contributed by atoms with Crippen molar-refractivity contribution in [2.75, 3.05) is 32.0 Å². The van der Waals surface area contributed by atoms with Crippen LogP contribution >= 0.6 is 11.8 Å². The topological polar surface area (TPSA) is 360 Å². The quantitative estimate of drug-likeness (QED) is 0.113. The second-order valence-electron chi connectivity index (χ2n) is 16.3. The summed E-state index contributed by atoms with van der Waals surface area (Å²) in [6.45, 7) is 2.13. The summed E-state index contributed by atoms with van der Waals surface area (Å²) in [5.74, 6) is -11.1. The van der Waals surface area contributed by atoms with Crippen LogP contribution in [0.3, 0.4) is 0 Å². The van der Waals surface area contributed by atoms with Crippen LogP contribution in [0.4, 0.5) is 0 Å². The number of hydrogen-bond donors (Lipinski definition) is 13. The SMILES string of the molecule is CC[C@H](C)[C@@H]1NC(=O)CNC(=O)[C@@H]2CC3=C(NC4C=C(O)C=CC34)SC[C@H](NC(=O)CNC1=O)C(=O)N[C@@H](CC(N)=O)C(=O)N1C[C@H](O)C[C@H]1C(=O)N[C@@H]([C@@H](C)[C@@H](O)CO)C(=O)N2. The fourth-order valence-electron chi connectivity index (χ4n) is 7.92. The zero-order chi connectivity index (χ0) is 46.3. The summed E-state index contributed by atoms with van der Waals surface area (Å²) < 4.78 is 0. The number of aliphatic hydroxyl groups is 4. The van der Waals surface area contributed by atoms with Gasteiger partial charge in [0.1, 0.15) is 42.0 Å². The highest BCUT2D eigenvalue weighted by molar-refractivity contribution is 8.03. The summed E-state index contributed by atoms with van der Waals surface area (Å²) in [6, 6.07) is -9.79. The van der Waals surface area contributed by atoms with E-state index in [1.165, 1.54) is 19.1 Å². The molecule has 23 nitrogen and oxygen atoms in total. The molecule has 1 saturated heterocycles. The van der Waals surface area contributed by atoms with Crippen molar-refractivity contribution < 1.29 is 63.6 Å². The minimum atomic E-state index is -1.74. The van der Waals surface area contributed by atoms with Crippen molar-refractivity contribution in [2.24, 2.45) is 23.5 Å². The summed E-state index contributed by atoms with van der Waals surface area (Å²) in [6.07, 6.45) is 0.636. The third-order valence-electron chi connectivity index (χ3n) is 11.7. The third-order valence-corrected chi connectivity index (χ3v) is 12.9. The van der Waals surface area contributed by atoms with Crippen LogP contribution in [0.1, 0.15) is 46.5 Å². The molecule has 346 valence electrons. The molecule has 5 rings (SSSR count). The molecule has 24 heteroatoms. The average molecular weight is 905 g/mol. The van der Waals surface area contributed by atoms with Crippen molar-refractivity contribution in [2.45, 2.75) is 101 Å². The van der Waals surface area contributed by atoms with Gasteiger partial charge in [0.2, 0.25) is 53.2 Å². The van der Waals surface area contributed by atoms with Crippen molar-refractivity contribution >= 4 is 64.9 Å². The summed E-state index contributed by atoms with van der Waals surface area (Å²) in [5, 5.41) is 62.9. The largest absolute Gasteiger partial charge is 0.508 e. The third kappa shape index (κ3) is 11.9. The Morgan fingerprint density at radius 2 is 1.56 bits per heavy atom. The van der Waals surface area contributed by atoms with Gasteiger partial charge in [-0.2, -0.15) is 0 Å². The fraction of sp³-hybridized carbons (Fsp3) is 0.615. The number of thioether (sulfide) groups is 1. The highest BCUT2D eigenvalue weighted by atomic mass is 32.2. The van der Waals surface area contributed by atoms with Crippen molar-refractivity contribution in [1.29, 1.82) is 0 Å². The predicted molar refractivity (Wildman–Crippen MR) is 222 cm³/mol. The van der Waals surface area contributed by atoms with Crippen molar-refractivity contribution in [1.82, 2.24) is 47.4 Å². The van der Waals surface area contributed by atoms with Crippen LogP contribution in [0.25, 0.3) is 0 Å². The van der Waals surface area contributed by atoms with Gasteiger partial charge in [0.15, 0.2) is 0 Å². The Kier molecular flexibility index (Phi) is 16.2. The van der Waals surface area contributed by atoms with Gasteiger partial charge in [-0.05, 0) is 23.6 Å². The first-order valence-electron chi connectivity index (χ1n) is 20.6. The van der Waals surface area contributed by atoms with E-state index >= 15 is 0 Å². The number of rotatable bonds is 7. The number of hydrogen-bond acceptors (Lipinski definition) is 15. The molecule has 4 heterocycles. The van der Waals surface area contributed by atoms with Crippen molar-refractivity contribution in [3.63, 3.8) is 0 Å². The number of carbonyl (C=O) groups excluding carboxylic acids is 9. The second-order valence-corrected chi connectivity index (χ2v) is 17.3. The molecule has 0 spiro atoms. The van der Waals surface area contributed by atoms with Crippen LogP contribution in [0.2, 0.25) is 0 Å². The Hall–Kier alpha value is -5.72. The van der Waals surface area contributed by atoms with Gasteiger partial charge in [0.25, 0.3) is 0 Å². The van der Waals surface area contributed by atoms with Gasteiger partial charge in [-0.1, -0.05) is 33.3 Å². The zero-order valence-electron chi connectivity index (χ0n) is 34.9. The van der Waals surface area contributed by atoms with E-state index < -0.39 is 158 Å². The molecular weight excluding hydrogens is 849 g/mol. The van der Waals surface area contributed by atoms with Crippen LogP contribution in [0.5, 0.6) is 0 Å². The van der Waals surface area contributed by atoms with Gasteiger partial charge in [0, 0.05) is 37.0 Å². The van der Waals surface area contributed by atoms with E-state index in [0.717, 1.165) is 16.7 Å². The molecule has 14 N–H and O–H groups in total. The lowest BCUT2D eigenvalue weighted by Crippen LogP contribution is -2.61. The summed E-state index contributed by atoms with van der Waals surface area (Å²) in [4.78, 5) is 125. The predicted octanol–water partition coefficient (Wildman–Crippen LogP) is -5.52. The minimum Gasteiger partial charge on any atom is -0.508 e. The Morgan fingerprint density at radius 1 is 0.873 bits per heavy atom. The molecule has 12 atom stereocenters. The van der Waals surface area contributed by atoms with Gasteiger partial charge >= 0.3 is 0 Å². The van der Waals surface area contributed by atoms with E-state index in [-0.39, 0.29) is 24.4 Å². The van der Waals surface area contributed by atoms with Crippen molar-refractivity contribution in [3.05, 3.63) is 34.6 Å². The fourth-order valence-corrected chi connectivity index (χ4v) is 9.11. The van der Waals surface area contributed by atoms with Gasteiger partial charge in [-0.25, -0.2) is 0 Å². The molecule has 0 saturated carbocycles. The van der Waals surface area contributed by atoms with E-state index in [1.54, 1.807) is 19.9 Å². The first kappa shape index (κ1) is 48.3. The smallest absolute Gasteiger partial charge is 0.246 e. The monoisotopic (exact) mass is 904 g/mol. The van der Waals surface area contributed by atoms with E-state index in [1.807, 2.05) is 0 Å². The Labute approximate surface area is 366 Å². The first-order chi connectivity index (χ1) is 29.8. The lowest BCUT2D eigenvalue weighted by atomic mass is 9.87. The van der Waals surface area contributed by atoms with Gasteiger partial charge in [-0.15, -0.1) is 11.8 Å². The molecule has 0 aromatic carbocycles. The number of fused-ring (bicyclic) bond motifs is 5. The van der Waals surface area contributed by atoms with Gasteiger partial charge in [-0.3, -0.25) is 43.2 Å². The van der Waals surface area contributed by atoms with Crippen molar-refractivity contribution in [3.8, 4) is 0 Å². The lowest BCUT2D eigenvalue weighted by Gasteiger charge is -2.33. The molecule has 2 unspecified atom stereocenters. The zero-order valence-corrected chi connectivity index (χ0v) is 35.7. The normalized spacial score (nSPS) is 31.8. The van der Waals surface area contributed by atoms with Crippen LogP contribution in [-0.4, -0.2) is 165 Å². The molecule has 2 bridgehead atoms. The first-order valence-corrected chi connectivity index (χ1v) is 21.6. The molecule has 1 fully saturated rings. The number of carbonyl (C=O) groups is 9. The number of primary amides is 1. The Bertz CT molecular complexity index is 1950. The van der Waals surface area contributed by atoms with Gasteiger partial charge < -0.3 is 73.6 Å². The maximum Gasteiger partial charge on any atom is 0.246 e. The lowest BCUT2D eigenvalue weighted by molar-refractivity contribution is -0.144. The molecule has 0 radical (unpaired) electrons. The van der Waals surface area contributed by atoms with E-state index in [0.29, 0.717) is 17.0 Å². The van der Waals surface area contributed by atoms with Crippen LogP contribution in [0, 0.1) is 17.8 Å². The number of amides is 9. The van der Waals surface area contributed by atoms with E-state index in [4.69, 9.17) is 5.73 Å². The van der Waals surface area contributed by atoms with Crippen LogP contribution < -0.4 is 48.3 Å². The molecule has 9 amide bonds. The summed E-state index contributed by atoms with van der Waals surface area (Å²) in [7, 11) is 0. The maximum atomic E-state index is 14.4. The molecule has 4 aliphatic heterocycles. The van der Waals surface area contributed by atoms with E-state index in [2.05, 4.69) is 42.5 Å². The average Bonchev–Trinajstić information content (AvgIpc) is 3.80. The van der Waals surface area contributed by atoms with Crippen LogP contribution in [-0.2, 0) is 43.2 Å². The van der Waals surface area contributed by atoms with Crippen LogP contribution in [0.15, 0.2) is 34.6 Å². The number of nitrogens with zero attached hydrogens (tertiary/aromatic N) is 1. The second kappa shape index (κ2) is 21.1. The molecule has 0 aromatic heterocycles. The number of nitrogens with two attached hydrogens (primary N) is 1. The highest BCUT2D eigenvalue weighted by Crippen LogP contribution is 2.39. The Morgan fingerprint density at radius 3 is 2.22 bits per heavy atom. The maximum absolute atomic E-state index is 14.4. The van der Waals surface area contributed by atoms with Gasteiger partial charge in [0.05, 0.1) is 49.4 Å². The molecule has 0 aromatic rings. The molecule has 1 aliphatic carbocycles. The summed E-state index contributed by atoms with van der Waals surface area (Å²) in [5.41, 5.74) is 5.97. The summed E-state index contributed by atoms with van der Waals surface area (Å²) >= 11 is 0.991. The minimum absolute atomic E-state index is 0.0885. The van der Waals surface area contributed by atoms with E-state index in [9.17, 15) is 63.6 Å². The molecular formula is C39H56N10O13S. The Balaban J connectivity index is 1.67.